The average molecular weight is 522 g/mol. The van der Waals surface area contributed by atoms with Gasteiger partial charge in [0.25, 0.3) is 11.5 Å². The molecule has 0 bridgehead atoms. The van der Waals surface area contributed by atoms with Crippen molar-refractivity contribution in [3.05, 3.63) is 75.5 Å². The average Bonchev–Trinajstić information content (AvgIpc) is 3.33. The van der Waals surface area contributed by atoms with Crippen molar-refractivity contribution in [1.29, 1.82) is 0 Å². The highest BCUT2D eigenvalue weighted by Gasteiger charge is 2.23. The number of methoxy groups -OCH3 is 1. The summed E-state index contributed by atoms with van der Waals surface area (Å²) >= 11 is 1.14. The van der Waals surface area contributed by atoms with Gasteiger partial charge in [-0.1, -0.05) is 19.4 Å². The van der Waals surface area contributed by atoms with Gasteiger partial charge in [-0.05, 0) is 49.7 Å². The number of nitrogens with one attached hydrogen (secondary N) is 1. The highest BCUT2D eigenvalue weighted by Crippen LogP contribution is 2.31. The van der Waals surface area contributed by atoms with Crippen LogP contribution in [0.25, 0.3) is 16.5 Å². The fraction of sp³-hybridized carbons (Fsp3) is 0.259. The molecule has 2 aromatic carbocycles. The van der Waals surface area contributed by atoms with Gasteiger partial charge in [0.15, 0.2) is 5.69 Å². The first-order valence-electron chi connectivity index (χ1n) is 11.9. The molecular formula is C27H27N3O6S. The van der Waals surface area contributed by atoms with E-state index in [1.807, 2.05) is 0 Å². The summed E-state index contributed by atoms with van der Waals surface area (Å²) in [5.41, 5.74) is 0.285. The van der Waals surface area contributed by atoms with Gasteiger partial charge in [0.2, 0.25) is 0 Å². The molecule has 0 radical (unpaired) electrons. The molecule has 4 aromatic rings. The molecule has 0 saturated carbocycles. The highest BCUT2D eigenvalue weighted by atomic mass is 32.1. The maximum absolute atomic E-state index is 13.6. The minimum Gasteiger partial charge on any atom is -0.497 e. The van der Waals surface area contributed by atoms with Gasteiger partial charge in [-0.3, -0.25) is 9.59 Å². The predicted octanol–water partition coefficient (Wildman–Crippen LogP) is 5.06. The monoisotopic (exact) mass is 521 g/mol. The molecule has 37 heavy (non-hydrogen) atoms. The van der Waals surface area contributed by atoms with Crippen molar-refractivity contribution in [2.45, 2.75) is 26.7 Å². The fourth-order valence-electron chi connectivity index (χ4n) is 3.62. The van der Waals surface area contributed by atoms with E-state index in [2.05, 4.69) is 17.3 Å². The zero-order valence-electron chi connectivity index (χ0n) is 20.8. The molecule has 1 N–H and O–H groups in total. The summed E-state index contributed by atoms with van der Waals surface area (Å²) in [5.74, 6) is 0.131. The van der Waals surface area contributed by atoms with Crippen LogP contribution < -0.4 is 20.3 Å². The summed E-state index contributed by atoms with van der Waals surface area (Å²) in [7, 11) is 1.51. The topological polar surface area (TPSA) is 109 Å². The number of nitrogens with zero attached hydrogens (tertiary/aromatic N) is 2. The Morgan fingerprint density at radius 2 is 1.86 bits per heavy atom. The van der Waals surface area contributed by atoms with Crippen LogP contribution in [0.3, 0.4) is 0 Å². The molecule has 0 atom stereocenters. The second kappa shape index (κ2) is 11.7. The van der Waals surface area contributed by atoms with E-state index < -0.39 is 17.4 Å². The van der Waals surface area contributed by atoms with Gasteiger partial charge in [-0.15, -0.1) is 11.3 Å². The number of thiophene rings is 1. The Morgan fingerprint density at radius 3 is 2.57 bits per heavy atom. The first-order valence-corrected chi connectivity index (χ1v) is 12.7. The third-order valence-electron chi connectivity index (χ3n) is 5.53. The van der Waals surface area contributed by atoms with E-state index in [1.54, 1.807) is 60.8 Å². The van der Waals surface area contributed by atoms with E-state index in [1.165, 1.54) is 7.11 Å². The van der Waals surface area contributed by atoms with Crippen LogP contribution in [0.5, 0.6) is 11.5 Å². The quantitative estimate of drug-likeness (QED) is 0.229. The van der Waals surface area contributed by atoms with E-state index >= 15 is 0 Å². The second-order valence-electron chi connectivity index (χ2n) is 8.02. The second-order valence-corrected chi connectivity index (χ2v) is 8.90. The van der Waals surface area contributed by atoms with Crippen LogP contribution in [0.15, 0.2) is 58.7 Å². The number of anilines is 1. The van der Waals surface area contributed by atoms with Crippen LogP contribution in [0.4, 0.5) is 5.00 Å². The predicted molar refractivity (Wildman–Crippen MR) is 143 cm³/mol. The number of hydrogen-bond acceptors (Lipinski definition) is 8. The van der Waals surface area contributed by atoms with Gasteiger partial charge in [0.1, 0.15) is 16.5 Å². The number of carbonyl (C=O) groups excluding carboxylic acids is 2. The Hall–Kier alpha value is -4.18. The molecule has 192 valence electrons. The number of benzene rings is 2. The van der Waals surface area contributed by atoms with E-state index in [0.717, 1.165) is 28.9 Å². The van der Waals surface area contributed by atoms with Gasteiger partial charge < -0.3 is 19.5 Å². The van der Waals surface area contributed by atoms with Crippen molar-refractivity contribution in [2.75, 3.05) is 25.6 Å². The normalized spacial score (nSPS) is 10.8. The largest absolute Gasteiger partial charge is 0.497 e. The standard InChI is InChI=1S/C27H27N3O6S/c1-4-6-14-36-19-12-10-17(11-13-19)24(31)28-25-22-21(16-37-25)23(27(33)35-5-2)29-30(26(22)32)18-8-7-9-20(15-18)34-3/h7-13,15-16H,4-6,14H2,1-3H3,(H,28,31). The van der Waals surface area contributed by atoms with Gasteiger partial charge >= 0.3 is 5.97 Å². The summed E-state index contributed by atoms with van der Waals surface area (Å²) in [6.07, 6.45) is 1.98. The van der Waals surface area contributed by atoms with Crippen LogP contribution in [0.1, 0.15) is 47.5 Å². The van der Waals surface area contributed by atoms with Crippen molar-refractivity contribution < 1.29 is 23.8 Å². The lowest BCUT2D eigenvalue weighted by atomic mass is 10.2. The molecule has 10 heteroatoms. The van der Waals surface area contributed by atoms with Crippen molar-refractivity contribution in [1.82, 2.24) is 9.78 Å². The van der Waals surface area contributed by atoms with E-state index in [9.17, 15) is 14.4 Å². The SMILES string of the molecule is CCCCOc1ccc(C(=O)Nc2scc3c(C(=O)OCC)nn(-c4cccc(OC)c4)c(=O)c23)cc1. The lowest BCUT2D eigenvalue weighted by molar-refractivity contribution is 0.0520. The third-order valence-corrected chi connectivity index (χ3v) is 6.42. The summed E-state index contributed by atoms with van der Waals surface area (Å²) in [4.78, 5) is 39.3. The molecule has 4 rings (SSSR count). The Bertz CT molecular complexity index is 1480. The Balaban J connectivity index is 1.73. The lowest BCUT2D eigenvalue weighted by Crippen LogP contribution is -2.25. The number of fused-ring (bicyclic) bond motifs is 1. The molecule has 2 heterocycles. The molecule has 0 unspecified atom stereocenters. The zero-order valence-corrected chi connectivity index (χ0v) is 21.6. The molecular weight excluding hydrogens is 494 g/mol. The Morgan fingerprint density at radius 1 is 1.08 bits per heavy atom. The summed E-state index contributed by atoms with van der Waals surface area (Å²) < 4.78 is 17.2. The smallest absolute Gasteiger partial charge is 0.359 e. The molecule has 0 aliphatic heterocycles. The van der Waals surface area contributed by atoms with Crippen LogP contribution in [0, 0.1) is 0 Å². The van der Waals surface area contributed by atoms with Crippen molar-refractivity contribution in [3.63, 3.8) is 0 Å². The zero-order chi connectivity index (χ0) is 26.4. The Labute approximate surface area is 217 Å². The minimum absolute atomic E-state index is 0.0235. The maximum Gasteiger partial charge on any atom is 0.359 e. The van der Waals surface area contributed by atoms with Gasteiger partial charge in [0.05, 0.1) is 31.4 Å². The summed E-state index contributed by atoms with van der Waals surface area (Å²) in [5, 5.41) is 9.52. The summed E-state index contributed by atoms with van der Waals surface area (Å²) in [6.45, 7) is 4.53. The maximum atomic E-state index is 13.6. The molecule has 0 saturated heterocycles. The molecule has 1 amide bonds. The number of ether oxygens (including phenoxy) is 3. The van der Waals surface area contributed by atoms with Gasteiger partial charge in [0, 0.05) is 22.4 Å². The number of rotatable bonds is 10. The molecule has 0 aliphatic carbocycles. The first-order chi connectivity index (χ1) is 18.0. The van der Waals surface area contributed by atoms with Crippen LogP contribution in [-0.2, 0) is 4.74 Å². The number of aromatic nitrogens is 2. The Kier molecular flexibility index (Phi) is 8.19. The van der Waals surface area contributed by atoms with Crippen molar-refractivity contribution in [3.8, 4) is 17.2 Å². The molecule has 2 aromatic heterocycles. The third kappa shape index (κ3) is 5.64. The van der Waals surface area contributed by atoms with Crippen LogP contribution >= 0.6 is 11.3 Å². The number of hydrogen-bond donors (Lipinski definition) is 1. The summed E-state index contributed by atoms with van der Waals surface area (Å²) in [6, 6.07) is 13.5. The van der Waals surface area contributed by atoms with Crippen molar-refractivity contribution >= 4 is 39.0 Å². The van der Waals surface area contributed by atoms with Gasteiger partial charge in [-0.25, -0.2) is 4.79 Å². The molecule has 0 aliphatic rings. The van der Waals surface area contributed by atoms with Gasteiger partial charge in [-0.2, -0.15) is 9.78 Å². The fourth-order valence-corrected chi connectivity index (χ4v) is 4.55. The van der Waals surface area contributed by atoms with Crippen molar-refractivity contribution in [2.24, 2.45) is 0 Å². The molecule has 0 spiro atoms. The van der Waals surface area contributed by atoms with E-state index in [0.29, 0.717) is 39.7 Å². The number of unbranched alkanes of at least 4 members (excludes halogenated alkanes) is 1. The number of esters is 1. The molecule has 0 fully saturated rings. The number of carbonyl (C=O) groups is 2. The molecule has 9 nitrogen and oxygen atoms in total. The van der Waals surface area contributed by atoms with E-state index in [4.69, 9.17) is 14.2 Å². The van der Waals surface area contributed by atoms with Crippen LogP contribution in [-0.4, -0.2) is 42.0 Å². The first kappa shape index (κ1) is 25.9. The number of amides is 1. The lowest BCUT2D eigenvalue weighted by Gasteiger charge is -2.11. The highest BCUT2D eigenvalue weighted by molar-refractivity contribution is 7.16. The van der Waals surface area contributed by atoms with E-state index in [-0.39, 0.29) is 17.7 Å². The minimum atomic E-state index is -0.668. The van der Waals surface area contributed by atoms with Crippen LogP contribution in [0.2, 0.25) is 0 Å².